The number of anilines is 1. The number of halogens is 1. The molecule has 0 aromatic carbocycles. The highest BCUT2D eigenvalue weighted by molar-refractivity contribution is 6.32. The highest BCUT2D eigenvalue weighted by Gasteiger charge is 2.39. The van der Waals surface area contributed by atoms with Crippen LogP contribution in [-0.4, -0.2) is 15.9 Å². The number of hydrogen-bond acceptors (Lipinski definition) is 3. The van der Waals surface area contributed by atoms with Crippen molar-refractivity contribution >= 4 is 23.3 Å². The van der Waals surface area contributed by atoms with E-state index in [0.29, 0.717) is 5.82 Å². The second kappa shape index (κ2) is 5.00. The first-order valence-corrected chi connectivity index (χ1v) is 6.34. The summed E-state index contributed by atoms with van der Waals surface area (Å²) < 4.78 is 0. The minimum Gasteiger partial charge on any atom is -0.308 e. The van der Waals surface area contributed by atoms with Crippen LogP contribution < -0.4 is 5.32 Å². The van der Waals surface area contributed by atoms with Gasteiger partial charge in [-0.1, -0.05) is 31.4 Å². The molecule has 4 nitrogen and oxygen atoms in total. The molecule has 0 bridgehead atoms. The first kappa shape index (κ1) is 12.3. The fourth-order valence-corrected chi connectivity index (χ4v) is 2.59. The molecule has 92 valence electrons. The Morgan fingerprint density at radius 3 is 2.65 bits per heavy atom. The lowest BCUT2D eigenvalue weighted by Gasteiger charge is -2.25. The van der Waals surface area contributed by atoms with E-state index in [4.69, 9.17) is 11.6 Å². The second-order valence-electron chi connectivity index (χ2n) is 4.49. The normalized spacial score (nSPS) is 18.0. The molecule has 0 atom stereocenters. The van der Waals surface area contributed by atoms with Crippen molar-refractivity contribution in [2.75, 3.05) is 5.32 Å². The van der Waals surface area contributed by atoms with Crippen LogP contribution in [0.15, 0.2) is 12.4 Å². The third-order valence-electron chi connectivity index (χ3n) is 3.60. The summed E-state index contributed by atoms with van der Waals surface area (Å²) in [7, 11) is 0. The van der Waals surface area contributed by atoms with Crippen LogP contribution in [0.25, 0.3) is 0 Å². The van der Waals surface area contributed by atoms with Gasteiger partial charge in [0.1, 0.15) is 0 Å². The van der Waals surface area contributed by atoms with Gasteiger partial charge in [-0.3, -0.25) is 4.79 Å². The quantitative estimate of drug-likeness (QED) is 0.901. The van der Waals surface area contributed by atoms with Crippen LogP contribution in [0, 0.1) is 5.41 Å². The summed E-state index contributed by atoms with van der Waals surface area (Å²) in [5.41, 5.74) is -0.235. The Hall–Kier alpha value is -1.16. The van der Waals surface area contributed by atoms with E-state index in [9.17, 15) is 4.79 Å². The van der Waals surface area contributed by atoms with Crippen molar-refractivity contribution in [2.24, 2.45) is 5.41 Å². The van der Waals surface area contributed by atoms with Crippen molar-refractivity contribution in [3.05, 3.63) is 17.5 Å². The Bertz CT molecular complexity index is 416. The number of rotatable bonds is 3. The predicted molar refractivity (Wildman–Crippen MR) is 66.9 cm³/mol. The first-order valence-electron chi connectivity index (χ1n) is 5.96. The molecule has 1 heterocycles. The van der Waals surface area contributed by atoms with Crippen LogP contribution >= 0.6 is 11.6 Å². The van der Waals surface area contributed by atoms with Gasteiger partial charge in [-0.05, 0) is 19.3 Å². The van der Waals surface area contributed by atoms with Gasteiger partial charge in [0, 0.05) is 17.8 Å². The van der Waals surface area contributed by atoms with Gasteiger partial charge >= 0.3 is 0 Å². The lowest BCUT2D eigenvalue weighted by atomic mass is 9.82. The van der Waals surface area contributed by atoms with Crippen molar-refractivity contribution in [1.29, 1.82) is 0 Å². The molecular formula is C12H16ClN3O. The number of carbonyl (C=O) groups is 1. The SMILES string of the molecule is CCC1(C(=O)Nc2nccnc2Cl)CCCC1. The van der Waals surface area contributed by atoms with Gasteiger partial charge < -0.3 is 5.32 Å². The van der Waals surface area contributed by atoms with Gasteiger partial charge in [0.05, 0.1) is 0 Å². The van der Waals surface area contributed by atoms with Crippen LogP contribution in [0.3, 0.4) is 0 Å². The van der Waals surface area contributed by atoms with Gasteiger partial charge in [-0.15, -0.1) is 0 Å². The van der Waals surface area contributed by atoms with Crippen LogP contribution in [0.5, 0.6) is 0 Å². The highest BCUT2D eigenvalue weighted by Crippen LogP contribution is 2.41. The first-order chi connectivity index (χ1) is 8.18. The maximum atomic E-state index is 12.3. The second-order valence-corrected chi connectivity index (χ2v) is 4.85. The van der Waals surface area contributed by atoms with E-state index < -0.39 is 0 Å². The standard InChI is InChI=1S/C12H16ClN3O/c1-2-12(5-3-4-6-12)11(17)16-10-9(13)14-7-8-15-10/h7-8H,2-6H2,1H3,(H,15,16,17). The summed E-state index contributed by atoms with van der Waals surface area (Å²) in [5.74, 6) is 0.388. The van der Waals surface area contributed by atoms with E-state index in [1.807, 2.05) is 0 Å². The summed E-state index contributed by atoms with van der Waals surface area (Å²) in [4.78, 5) is 20.2. The van der Waals surface area contributed by atoms with Gasteiger partial charge in [-0.25, -0.2) is 9.97 Å². The van der Waals surface area contributed by atoms with Crippen LogP contribution in [0.4, 0.5) is 5.82 Å². The van der Waals surface area contributed by atoms with Crippen molar-refractivity contribution in [3.8, 4) is 0 Å². The van der Waals surface area contributed by atoms with E-state index in [1.54, 1.807) is 0 Å². The molecule has 1 amide bonds. The van der Waals surface area contributed by atoms with Crippen LogP contribution in [0.2, 0.25) is 5.15 Å². The Labute approximate surface area is 106 Å². The Morgan fingerprint density at radius 1 is 1.41 bits per heavy atom. The van der Waals surface area contributed by atoms with Gasteiger partial charge in [0.15, 0.2) is 11.0 Å². The maximum absolute atomic E-state index is 12.3. The fourth-order valence-electron chi connectivity index (χ4n) is 2.44. The molecule has 0 aliphatic heterocycles. The molecule has 1 aromatic heterocycles. The van der Waals surface area contributed by atoms with Gasteiger partial charge in [-0.2, -0.15) is 0 Å². The van der Waals surface area contributed by atoms with Crippen LogP contribution in [-0.2, 0) is 4.79 Å². The van der Waals surface area contributed by atoms with Crippen molar-refractivity contribution in [3.63, 3.8) is 0 Å². The highest BCUT2D eigenvalue weighted by atomic mass is 35.5. The lowest BCUT2D eigenvalue weighted by Crippen LogP contribution is -2.33. The van der Waals surface area contributed by atoms with E-state index in [0.717, 1.165) is 32.1 Å². The number of carbonyl (C=O) groups excluding carboxylic acids is 1. The minimum absolute atomic E-state index is 0.0277. The van der Waals surface area contributed by atoms with Crippen molar-refractivity contribution < 1.29 is 4.79 Å². The third-order valence-corrected chi connectivity index (χ3v) is 3.88. The zero-order valence-electron chi connectivity index (χ0n) is 9.87. The fraction of sp³-hybridized carbons (Fsp3) is 0.583. The average Bonchev–Trinajstić information content (AvgIpc) is 2.82. The average molecular weight is 254 g/mol. The van der Waals surface area contributed by atoms with E-state index in [-0.39, 0.29) is 16.5 Å². The number of aromatic nitrogens is 2. The smallest absolute Gasteiger partial charge is 0.231 e. The topological polar surface area (TPSA) is 54.9 Å². The molecule has 17 heavy (non-hydrogen) atoms. The van der Waals surface area contributed by atoms with E-state index in [2.05, 4.69) is 22.2 Å². The zero-order chi connectivity index (χ0) is 12.3. The molecule has 0 unspecified atom stereocenters. The molecule has 1 N–H and O–H groups in total. The van der Waals surface area contributed by atoms with E-state index in [1.165, 1.54) is 12.4 Å². The molecule has 1 aromatic rings. The van der Waals surface area contributed by atoms with Crippen LogP contribution in [0.1, 0.15) is 39.0 Å². The number of nitrogens with one attached hydrogen (secondary N) is 1. The Kier molecular flexibility index (Phi) is 3.62. The minimum atomic E-state index is -0.235. The number of nitrogens with zero attached hydrogens (tertiary/aromatic N) is 2. The largest absolute Gasteiger partial charge is 0.308 e. The van der Waals surface area contributed by atoms with Gasteiger partial charge in [0.2, 0.25) is 5.91 Å². The van der Waals surface area contributed by atoms with Crippen molar-refractivity contribution in [1.82, 2.24) is 9.97 Å². The van der Waals surface area contributed by atoms with Crippen molar-refractivity contribution in [2.45, 2.75) is 39.0 Å². The summed E-state index contributed by atoms with van der Waals surface area (Å²) in [6, 6.07) is 0. The molecule has 5 heteroatoms. The summed E-state index contributed by atoms with van der Waals surface area (Å²) in [6.07, 6.45) is 8.03. The van der Waals surface area contributed by atoms with Gasteiger partial charge in [0.25, 0.3) is 0 Å². The Balaban J connectivity index is 2.14. The molecule has 1 fully saturated rings. The number of hydrogen-bond donors (Lipinski definition) is 1. The summed E-state index contributed by atoms with van der Waals surface area (Å²) in [6.45, 7) is 2.06. The molecule has 1 saturated carbocycles. The third kappa shape index (κ3) is 2.41. The number of amides is 1. The molecule has 0 saturated heterocycles. The summed E-state index contributed by atoms with van der Waals surface area (Å²) >= 11 is 5.88. The molecule has 0 radical (unpaired) electrons. The maximum Gasteiger partial charge on any atom is 0.231 e. The zero-order valence-corrected chi connectivity index (χ0v) is 10.6. The molecular weight excluding hydrogens is 238 g/mol. The summed E-state index contributed by atoms with van der Waals surface area (Å²) in [5, 5.41) is 3.04. The molecule has 1 aliphatic rings. The molecule has 1 aliphatic carbocycles. The van der Waals surface area contributed by atoms with E-state index >= 15 is 0 Å². The predicted octanol–water partition coefficient (Wildman–Crippen LogP) is 3.04. The Morgan fingerprint density at radius 2 is 2.06 bits per heavy atom. The monoisotopic (exact) mass is 253 g/mol. The molecule has 2 rings (SSSR count). The molecule has 0 spiro atoms. The lowest BCUT2D eigenvalue weighted by molar-refractivity contribution is -0.125.